The normalized spacial score (nSPS) is 21.0. The van der Waals surface area contributed by atoms with Gasteiger partial charge in [-0.05, 0) is 42.2 Å². The first-order chi connectivity index (χ1) is 15.0. The second kappa shape index (κ2) is 8.09. The lowest BCUT2D eigenvalue weighted by atomic mass is 9.81. The molecular weight excluding hydrogens is 432 g/mol. The van der Waals surface area contributed by atoms with Crippen LogP contribution in [-0.4, -0.2) is 22.8 Å². The van der Waals surface area contributed by atoms with Crippen LogP contribution in [0.25, 0.3) is 10.2 Å². The van der Waals surface area contributed by atoms with Crippen molar-refractivity contribution in [2.45, 2.75) is 35.8 Å². The largest absolute Gasteiger partial charge is 0.545 e. The summed E-state index contributed by atoms with van der Waals surface area (Å²) in [5, 5.41) is 10.9. The number of carbonyl (C=O) groups is 3. The number of hydrogen-bond acceptors (Lipinski definition) is 7. The lowest BCUT2D eigenvalue weighted by molar-refractivity contribution is -0.255. The molecule has 0 N–H and O–H groups in total. The van der Waals surface area contributed by atoms with Gasteiger partial charge in [0.15, 0.2) is 4.34 Å². The number of rotatable bonds is 5. The van der Waals surface area contributed by atoms with Gasteiger partial charge in [-0.3, -0.25) is 14.5 Å². The molecule has 2 amide bonds. The zero-order chi connectivity index (χ0) is 21.5. The molecule has 2 aromatic carbocycles. The molecule has 3 aromatic rings. The quantitative estimate of drug-likeness (QED) is 0.435. The Morgan fingerprint density at radius 2 is 1.74 bits per heavy atom. The number of aromatic nitrogens is 1. The Bertz CT molecular complexity index is 1160. The van der Waals surface area contributed by atoms with Crippen LogP contribution in [-0.2, 0) is 15.3 Å². The Kier molecular flexibility index (Phi) is 5.27. The summed E-state index contributed by atoms with van der Waals surface area (Å²) in [6.07, 6.45) is 3.63. The molecule has 1 aromatic heterocycles. The minimum absolute atomic E-state index is 0.0619. The van der Waals surface area contributed by atoms with Crippen molar-refractivity contribution in [1.29, 1.82) is 0 Å². The van der Waals surface area contributed by atoms with Gasteiger partial charge in [0.2, 0.25) is 11.8 Å². The van der Waals surface area contributed by atoms with E-state index in [1.165, 1.54) is 28.4 Å². The van der Waals surface area contributed by atoms with Crippen molar-refractivity contribution in [3.05, 3.63) is 53.6 Å². The standard InChI is InChI=1S/C23H20N2O4S2/c26-20-16-3-1-2-4-17(16)21(27)25(20)15-9-10-18-19(11-15)31-23(24-18)30-12-13-5-7-14(8-6-13)22(28)29/h5-11,16-17H,1-4,12H2,(H,28,29)/p-1/t16-,17-/m1/s1. The highest BCUT2D eigenvalue weighted by Crippen LogP contribution is 2.41. The molecule has 158 valence electrons. The Morgan fingerprint density at radius 1 is 1.06 bits per heavy atom. The molecule has 0 bridgehead atoms. The highest BCUT2D eigenvalue weighted by Gasteiger charge is 2.48. The Morgan fingerprint density at radius 3 is 2.39 bits per heavy atom. The van der Waals surface area contributed by atoms with E-state index < -0.39 is 5.97 Å². The third kappa shape index (κ3) is 3.74. The summed E-state index contributed by atoms with van der Waals surface area (Å²) in [5.41, 5.74) is 2.62. The number of benzene rings is 2. The van der Waals surface area contributed by atoms with Crippen LogP contribution in [0.1, 0.15) is 41.6 Å². The van der Waals surface area contributed by atoms with Gasteiger partial charge in [0.05, 0.1) is 33.7 Å². The van der Waals surface area contributed by atoms with Crippen LogP contribution in [0.2, 0.25) is 0 Å². The maximum atomic E-state index is 12.9. The summed E-state index contributed by atoms with van der Waals surface area (Å²) >= 11 is 3.09. The van der Waals surface area contributed by atoms with E-state index in [9.17, 15) is 19.5 Å². The van der Waals surface area contributed by atoms with Crippen LogP contribution in [0, 0.1) is 11.8 Å². The summed E-state index contributed by atoms with van der Waals surface area (Å²) in [6, 6.07) is 12.2. The van der Waals surface area contributed by atoms with Gasteiger partial charge >= 0.3 is 0 Å². The Hall–Kier alpha value is -2.71. The van der Waals surface area contributed by atoms with E-state index in [-0.39, 0.29) is 29.2 Å². The maximum Gasteiger partial charge on any atom is 0.237 e. The molecule has 8 heteroatoms. The predicted molar refractivity (Wildman–Crippen MR) is 118 cm³/mol. The van der Waals surface area contributed by atoms with Crippen LogP contribution in [0.3, 0.4) is 0 Å². The third-order valence-electron chi connectivity index (χ3n) is 6.00. The van der Waals surface area contributed by atoms with Crippen LogP contribution in [0.15, 0.2) is 46.8 Å². The molecule has 1 aliphatic heterocycles. The number of thioether (sulfide) groups is 1. The molecule has 0 radical (unpaired) electrons. The fourth-order valence-corrected chi connectivity index (χ4v) is 6.45. The molecule has 1 saturated carbocycles. The summed E-state index contributed by atoms with van der Waals surface area (Å²) in [7, 11) is 0. The number of aromatic carboxylic acids is 1. The first kappa shape index (κ1) is 20.2. The molecule has 6 nitrogen and oxygen atoms in total. The second-order valence-corrected chi connectivity index (χ2v) is 10.2. The minimum atomic E-state index is -1.18. The van der Waals surface area contributed by atoms with E-state index in [2.05, 4.69) is 4.98 Å². The van der Waals surface area contributed by atoms with Crippen molar-refractivity contribution in [3.63, 3.8) is 0 Å². The number of carboxylic acids is 1. The number of carbonyl (C=O) groups excluding carboxylic acids is 3. The Labute approximate surface area is 187 Å². The van der Waals surface area contributed by atoms with Crippen molar-refractivity contribution in [2.24, 2.45) is 11.8 Å². The summed E-state index contributed by atoms with van der Waals surface area (Å²) < 4.78 is 1.81. The maximum absolute atomic E-state index is 12.9. The fourth-order valence-electron chi connectivity index (χ4n) is 4.39. The van der Waals surface area contributed by atoms with Gasteiger partial charge in [0, 0.05) is 5.75 Å². The highest BCUT2D eigenvalue weighted by atomic mass is 32.2. The number of imide groups is 1. The van der Waals surface area contributed by atoms with Gasteiger partial charge in [0.25, 0.3) is 0 Å². The van der Waals surface area contributed by atoms with Gasteiger partial charge in [-0.1, -0.05) is 48.9 Å². The predicted octanol–water partition coefficient (Wildman–Crippen LogP) is 3.63. The zero-order valence-corrected chi connectivity index (χ0v) is 18.2. The number of carboxylic acid groups (broad SMARTS) is 1. The molecule has 2 aliphatic rings. The molecule has 5 rings (SSSR count). The number of thiazole rings is 1. The van der Waals surface area contributed by atoms with Crippen molar-refractivity contribution in [3.8, 4) is 0 Å². The van der Waals surface area contributed by atoms with Gasteiger partial charge in [-0.25, -0.2) is 4.98 Å². The smallest absolute Gasteiger partial charge is 0.237 e. The minimum Gasteiger partial charge on any atom is -0.545 e. The third-order valence-corrected chi connectivity index (χ3v) is 8.24. The topological polar surface area (TPSA) is 90.4 Å². The number of fused-ring (bicyclic) bond motifs is 2. The van der Waals surface area contributed by atoms with E-state index in [4.69, 9.17) is 0 Å². The average molecular weight is 452 g/mol. The average Bonchev–Trinajstić information content (AvgIpc) is 3.30. The van der Waals surface area contributed by atoms with E-state index in [0.29, 0.717) is 11.4 Å². The molecule has 2 heterocycles. The van der Waals surface area contributed by atoms with Gasteiger partial charge in [-0.15, -0.1) is 11.3 Å². The SMILES string of the molecule is O=C([O-])c1ccc(CSc2nc3ccc(N4C(=O)[C@@H]5CCCC[C@H]5C4=O)cc3s2)cc1. The lowest BCUT2D eigenvalue weighted by Gasteiger charge is -2.19. The summed E-state index contributed by atoms with van der Waals surface area (Å²) in [6.45, 7) is 0. The van der Waals surface area contributed by atoms with E-state index in [1.54, 1.807) is 23.9 Å². The molecule has 2 atom stereocenters. The first-order valence-corrected chi connectivity index (χ1v) is 12.0. The summed E-state index contributed by atoms with van der Waals surface area (Å²) in [5.74, 6) is -0.968. The molecule has 0 unspecified atom stereocenters. The van der Waals surface area contributed by atoms with Crippen molar-refractivity contribution < 1.29 is 19.5 Å². The van der Waals surface area contributed by atoms with Crippen LogP contribution in [0.5, 0.6) is 0 Å². The monoisotopic (exact) mass is 451 g/mol. The fraction of sp³-hybridized carbons (Fsp3) is 0.304. The number of hydrogen-bond donors (Lipinski definition) is 0. The van der Waals surface area contributed by atoms with Crippen molar-refractivity contribution >= 4 is 56.8 Å². The molecule has 1 saturated heterocycles. The second-order valence-electron chi connectivity index (χ2n) is 7.91. The van der Waals surface area contributed by atoms with E-state index >= 15 is 0 Å². The van der Waals surface area contributed by atoms with E-state index in [0.717, 1.165) is 45.8 Å². The summed E-state index contributed by atoms with van der Waals surface area (Å²) in [4.78, 5) is 42.6. The number of amides is 2. The highest BCUT2D eigenvalue weighted by molar-refractivity contribution is 8.00. The molecular formula is C23H19N2O4S2-. The van der Waals surface area contributed by atoms with Gasteiger partial charge in [0.1, 0.15) is 0 Å². The number of anilines is 1. The van der Waals surface area contributed by atoms with E-state index in [1.807, 2.05) is 18.2 Å². The zero-order valence-electron chi connectivity index (χ0n) is 16.6. The first-order valence-electron chi connectivity index (χ1n) is 10.2. The molecule has 2 fully saturated rings. The number of nitrogens with zero attached hydrogens (tertiary/aromatic N) is 2. The molecule has 0 spiro atoms. The molecule has 31 heavy (non-hydrogen) atoms. The van der Waals surface area contributed by atoms with Crippen LogP contribution in [0.4, 0.5) is 5.69 Å². The van der Waals surface area contributed by atoms with Crippen LogP contribution >= 0.6 is 23.1 Å². The van der Waals surface area contributed by atoms with Crippen molar-refractivity contribution in [2.75, 3.05) is 4.90 Å². The molecule has 1 aliphatic carbocycles. The van der Waals surface area contributed by atoms with Crippen LogP contribution < -0.4 is 10.0 Å². The van der Waals surface area contributed by atoms with Gasteiger partial charge in [-0.2, -0.15) is 0 Å². The van der Waals surface area contributed by atoms with Gasteiger partial charge < -0.3 is 9.90 Å². The Balaban J connectivity index is 1.34. The van der Waals surface area contributed by atoms with Crippen molar-refractivity contribution in [1.82, 2.24) is 4.98 Å². The lowest BCUT2D eigenvalue weighted by Crippen LogP contribution is -2.30.